The minimum Gasteiger partial charge on any atom is -0.507 e. The van der Waals surface area contributed by atoms with Gasteiger partial charge >= 0.3 is 5.91 Å². The molecule has 2 heterocycles. The lowest BCUT2D eigenvalue weighted by Gasteiger charge is -2.25. The molecule has 1 fully saturated rings. The number of Topliss-reactive ketones (excluding diaryl/α,β-unsaturated/α-hetero) is 1. The summed E-state index contributed by atoms with van der Waals surface area (Å²) in [6.07, 6.45) is 3.01. The molecule has 7 heteroatoms. The fourth-order valence-electron chi connectivity index (χ4n) is 3.84. The number of nitrogens with zero attached hydrogens (tertiary/aromatic N) is 3. The van der Waals surface area contributed by atoms with E-state index < -0.39 is 17.7 Å². The Balaban J connectivity index is 1.90. The Morgan fingerprint density at radius 3 is 2.12 bits per heavy atom. The minimum absolute atomic E-state index is 0.0128. The van der Waals surface area contributed by atoms with Crippen LogP contribution in [0, 0.1) is 0 Å². The zero-order valence-electron chi connectivity index (χ0n) is 18.9. The number of ether oxygens (including phenoxy) is 1. The van der Waals surface area contributed by atoms with Crippen LogP contribution in [0.3, 0.4) is 0 Å². The number of aliphatic hydroxyl groups is 1. The molecule has 4 rings (SSSR count). The molecule has 1 amide bonds. The first-order chi connectivity index (χ1) is 15.7. The van der Waals surface area contributed by atoms with E-state index in [0.717, 1.165) is 5.56 Å². The summed E-state index contributed by atoms with van der Waals surface area (Å²) in [5, 5.41) is 11.2. The largest absolute Gasteiger partial charge is 0.507 e. The number of ketones is 1. The van der Waals surface area contributed by atoms with Crippen LogP contribution in [0.1, 0.15) is 43.5 Å². The van der Waals surface area contributed by atoms with Gasteiger partial charge in [0.15, 0.2) is 0 Å². The van der Waals surface area contributed by atoms with Crippen LogP contribution in [0.5, 0.6) is 5.75 Å². The second kappa shape index (κ2) is 8.50. The van der Waals surface area contributed by atoms with Crippen molar-refractivity contribution in [1.29, 1.82) is 0 Å². The lowest BCUT2D eigenvalue weighted by Crippen LogP contribution is -2.31. The third-order valence-electron chi connectivity index (χ3n) is 5.67. The molecule has 3 aromatic rings. The van der Waals surface area contributed by atoms with Crippen molar-refractivity contribution in [2.24, 2.45) is 0 Å². The number of hydrogen-bond donors (Lipinski definition) is 1. The molecule has 0 radical (unpaired) electrons. The van der Waals surface area contributed by atoms with Gasteiger partial charge in [-0.25, -0.2) is 9.97 Å². The number of rotatable bonds is 4. The molecule has 168 valence electrons. The van der Waals surface area contributed by atoms with Crippen LogP contribution in [0.2, 0.25) is 0 Å². The van der Waals surface area contributed by atoms with Crippen LogP contribution in [-0.2, 0) is 15.0 Å². The summed E-state index contributed by atoms with van der Waals surface area (Å²) in [4.78, 5) is 35.9. The molecule has 0 aliphatic carbocycles. The first-order valence-corrected chi connectivity index (χ1v) is 10.6. The fourth-order valence-corrected chi connectivity index (χ4v) is 3.84. The Bertz CT molecular complexity index is 1210. The van der Waals surface area contributed by atoms with Crippen molar-refractivity contribution in [2.75, 3.05) is 12.0 Å². The van der Waals surface area contributed by atoms with Crippen LogP contribution in [0.4, 0.5) is 5.95 Å². The molecule has 7 nitrogen and oxygen atoms in total. The molecule has 1 N–H and O–H groups in total. The van der Waals surface area contributed by atoms with E-state index in [1.54, 1.807) is 37.4 Å². The zero-order chi connectivity index (χ0) is 23.8. The number of aliphatic hydroxyl groups excluding tert-OH is 1. The summed E-state index contributed by atoms with van der Waals surface area (Å²) in [5.41, 5.74) is 2.10. The van der Waals surface area contributed by atoms with E-state index >= 15 is 0 Å². The second-order valence-electron chi connectivity index (χ2n) is 8.82. The van der Waals surface area contributed by atoms with E-state index in [-0.39, 0.29) is 22.7 Å². The lowest BCUT2D eigenvalue weighted by atomic mass is 9.85. The SMILES string of the molecule is COc1ccc(C(O)=C2C(=O)C(=O)N(c3ncccn3)[C@H]2c2ccc(C(C)(C)C)cc2)cc1. The normalized spacial score (nSPS) is 17.9. The fraction of sp³-hybridized carbons (Fsp3) is 0.231. The van der Waals surface area contributed by atoms with Crippen molar-refractivity contribution in [3.05, 3.63) is 89.3 Å². The Labute approximate surface area is 192 Å². The van der Waals surface area contributed by atoms with Gasteiger partial charge in [0.05, 0.1) is 18.7 Å². The highest BCUT2D eigenvalue weighted by molar-refractivity contribution is 6.51. The maximum absolute atomic E-state index is 13.1. The lowest BCUT2D eigenvalue weighted by molar-refractivity contribution is -0.132. The van der Waals surface area contributed by atoms with Crippen molar-refractivity contribution in [1.82, 2.24) is 9.97 Å². The number of anilines is 1. The maximum atomic E-state index is 13.1. The Kier molecular flexibility index (Phi) is 5.72. The average molecular weight is 444 g/mol. The molecule has 0 spiro atoms. The Morgan fingerprint density at radius 1 is 0.970 bits per heavy atom. The van der Waals surface area contributed by atoms with Crippen LogP contribution < -0.4 is 9.64 Å². The van der Waals surface area contributed by atoms with Crippen LogP contribution in [0.25, 0.3) is 5.76 Å². The van der Waals surface area contributed by atoms with Gasteiger partial charge in [-0.05, 0) is 46.9 Å². The van der Waals surface area contributed by atoms with Crippen molar-refractivity contribution in [2.45, 2.75) is 32.2 Å². The van der Waals surface area contributed by atoms with Gasteiger partial charge in [0.1, 0.15) is 11.5 Å². The number of hydrogen-bond acceptors (Lipinski definition) is 6. The highest BCUT2D eigenvalue weighted by Gasteiger charge is 2.48. The number of methoxy groups -OCH3 is 1. The quantitative estimate of drug-likeness (QED) is 0.365. The molecule has 0 saturated carbocycles. The molecular formula is C26H25N3O4. The first kappa shape index (κ1) is 22.2. The number of carbonyl (C=O) groups excluding carboxylic acids is 2. The maximum Gasteiger partial charge on any atom is 0.302 e. The molecule has 1 aliphatic rings. The minimum atomic E-state index is -0.872. The van der Waals surface area contributed by atoms with Gasteiger partial charge in [-0.1, -0.05) is 45.0 Å². The summed E-state index contributed by atoms with van der Waals surface area (Å²) in [7, 11) is 1.54. The van der Waals surface area contributed by atoms with E-state index in [1.165, 1.54) is 17.3 Å². The average Bonchev–Trinajstić information content (AvgIpc) is 3.09. The smallest absolute Gasteiger partial charge is 0.302 e. The second-order valence-corrected chi connectivity index (χ2v) is 8.82. The van der Waals surface area contributed by atoms with E-state index in [1.807, 2.05) is 24.3 Å². The van der Waals surface area contributed by atoms with Gasteiger partial charge in [-0.2, -0.15) is 0 Å². The first-order valence-electron chi connectivity index (χ1n) is 10.6. The zero-order valence-corrected chi connectivity index (χ0v) is 18.9. The molecule has 0 unspecified atom stereocenters. The Morgan fingerprint density at radius 2 is 1.58 bits per heavy atom. The molecule has 1 aromatic heterocycles. The van der Waals surface area contributed by atoms with Gasteiger partial charge in [0.25, 0.3) is 5.78 Å². The van der Waals surface area contributed by atoms with Gasteiger partial charge in [-0.15, -0.1) is 0 Å². The topological polar surface area (TPSA) is 92.6 Å². The molecule has 1 atom stereocenters. The van der Waals surface area contributed by atoms with Gasteiger partial charge < -0.3 is 9.84 Å². The third-order valence-corrected chi connectivity index (χ3v) is 5.67. The third kappa shape index (κ3) is 4.09. The summed E-state index contributed by atoms with van der Waals surface area (Å²) < 4.78 is 5.17. The van der Waals surface area contributed by atoms with E-state index in [9.17, 15) is 14.7 Å². The summed E-state index contributed by atoms with van der Waals surface area (Å²) >= 11 is 0. The highest BCUT2D eigenvalue weighted by atomic mass is 16.5. The van der Waals surface area contributed by atoms with Crippen molar-refractivity contribution >= 4 is 23.4 Å². The Hall–Kier alpha value is -4.00. The van der Waals surface area contributed by atoms with Gasteiger partial charge in [-0.3, -0.25) is 14.5 Å². The molecule has 1 aliphatic heterocycles. The van der Waals surface area contributed by atoms with E-state index in [0.29, 0.717) is 16.9 Å². The summed E-state index contributed by atoms with van der Waals surface area (Å²) in [5.74, 6) is -1.14. The number of amides is 1. The van der Waals surface area contributed by atoms with Crippen molar-refractivity contribution in [3.63, 3.8) is 0 Å². The molecule has 1 saturated heterocycles. The van der Waals surface area contributed by atoms with Crippen molar-refractivity contribution in [3.8, 4) is 5.75 Å². The van der Waals surface area contributed by atoms with Crippen LogP contribution in [0.15, 0.2) is 72.6 Å². The van der Waals surface area contributed by atoms with Crippen LogP contribution in [-0.4, -0.2) is 33.9 Å². The van der Waals surface area contributed by atoms with Gasteiger partial charge in [0, 0.05) is 18.0 Å². The molecular weight excluding hydrogens is 418 g/mol. The number of benzene rings is 2. The highest BCUT2D eigenvalue weighted by Crippen LogP contribution is 2.41. The van der Waals surface area contributed by atoms with Gasteiger partial charge in [0.2, 0.25) is 5.95 Å². The van der Waals surface area contributed by atoms with Crippen molar-refractivity contribution < 1.29 is 19.4 Å². The van der Waals surface area contributed by atoms with E-state index in [4.69, 9.17) is 4.74 Å². The summed E-state index contributed by atoms with van der Waals surface area (Å²) in [6, 6.07) is 15.1. The standard InChI is InChI=1S/C26H25N3O4/c1-26(2,3)18-10-6-16(7-11-18)21-20(22(30)17-8-12-19(33-4)13-9-17)23(31)24(32)29(21)25-27-14-5-15-28-25/h5-15,21,30H,1-4H3/t21-/m0/s1. The molecule has 0 bridgehead atoms. The molecule has 33 heavy (non-hydrogen) atoms. The number of aromatic nitrogens is 2. The monoisotopic (exact) mass is 443 g/mol. The molecule has 2 aromatic carbocycles. The van der Waals surface area contributed by atoms with Crippen LogP contribution >= 0.6 is 0 Å². The summed E-state index contributed by atoms with van der Waals surface area (Å²) in [6.45, 7) is 6.32. The predicted molar refractivity (Wildman–Crippen MR) is 125 cm³/mol. The van der Waals surface area contributed by atoms with E-state index in [2.05, 4.69) is 30.7 Å². The predicted octanol–water partition coefficient (Wildman–Crippen LogP) is 4.41. The number of carbonyl (C=O) groups is 2.